The zero-order chi connectivity index (χ0) is 20.4. The van der Waals surface area contributed by atoms with Crippen LogP contribution in [0.2, 0.25) is 0 Å². The number of nitrogens with two attached hydrogens (primary N) is 1. The molecule has 0 atom stereocenters. The molecule has 3 aromatic rings. The summed E-state index contributed by atoms with van der Waals surface area (Å²) in [6.45, 7) is 0. The molecule has 148 valence electrons. The molecule has 0 saturated heterocycles. The number of nitrogens with zero attached hydrogens (tertiary/aromatic N) is 3. The maximum Gasteiger partial charge on any atom is 0.248 e. The van der Waals surface area contributed by atoms with Gasteiger partial charge in [-0.15, -0.1) is 10.2 Å². The van der Waals surface area contributed by atoms with E-state index >= 15 is 0 Å². The first-order chi connectivity index (χ1) is 14.0. The standard InChI is InChI=1S/C21H20FN5O2/c1-29-14-4-7-18(24-12-14)21(9-2-10-21)25-19-8-6-17(26-27-19)15-11-13(20(23)28)3-5-16(15)22/h3-8,11-12H,2,9-10H2,1H3,(H2,23,28)(H,25,27). The molecule has 0 unspecified atom stereocenters. The molecular formula is C21H20FN5O2. The number of nitrogens with one attached hydrogen (secondary N) is 1. The smallest absolute Gasteiger partial charge is 0.248 e. The number of amides is 1. The Labute approximate surface area is 167 Å². The van der Waals surface area contributed by atoms with E-state index < -0.39 is 11.7 Å². The first-order valence-electron chi connectivity index (χ1n) is 9.23. The van der Waals surface area contributed by atoms with Crippen LogP contribution in [-0.2, 0) is 5.54 Å². The molecule has 1 aliphatic carbocycles. The number of carbonyl (C=O) groups excluding carboxylic acids is 1. The Morgan fingerprint density at radius 3 is 2.55 bits per heavy atom. The Bertz CT molecular complexity index is 1030. The lowest BCUT2D eigenvalue weighted by Crippen LogP contribution is -2.43. The molecule has 3 N–H and O–H groups in total. The number of anilines is 1. The zero-order valence-corrected chi connectivity index (χ0v) is 15.9. The van der Waals surface area contributed by atoms with E-state index in [2.05, 4.69) is 20.5 Å². The van der Waals surface area contributed by atoms with Gasteiger partial charge in [0.05, 0.1) is 30.2 Å². The second-order valence-electron chi connectivity index (χ2n) is 7.01. The van der Waals surface area contributed by atoms with Crippen molar-refractivity contribution in [2.75, 3.05) is 12.4 Å². The van der Waals surface area contributed by atoms with Gasteiger partial charge in [0.1, 0.15) is 17.4 Å². The lowest BCUT2D eigenvalue weighted by Gasteiger charge is -2.42. The number of benzene rings is 1. The summed E-state index contributed by atoms with van der Waals surface area (Å²) in [5, 5.41) is 11.8. The molecule has 0 radical (unpaired) electrons. The first kappa shape index (κ1) is 18.8. The monoisotopic (exact) mass is 393 g/mol. The Balaban J connectivity index is 1.58. The number of primary amides is 1. The summed E-state index contributed by atoms with van der Waals surface area (Å²) in [4.78, 5) is 15.9. The van der Waals surface area contributed by atoms with Gasteiger partial charge in [0, 0.05) is 11.1 Å². The van der Waals surface area contributed by atoms with Crippen molar-refractivity contribution in [1.82, 2.24) is 15.2 Å². The molecule has 29 heavy (non-hydrogen) atoms. The molecule has 7 nitrogen and oxygen atoms in total. The van der Waals surface area contributed by atoms with Crippen LogP contribution in [0.1, 0.15) is 35.3 Å². The third kappa shape index (κ3) is 3.61. The topological polar surface area (TPSA) is 103 Å². The average molecular weight is 393 g/mol. The predicted molar refractivity (Wildman–Crippen MR) is 106 cm³/mol. The molecule has 0 spiro atoms. The van der Waals surface area contributed by atoms with E-state index in [4.69, 9.17) is 10.5 Å². The summed E-state index contributed by atoms with van der Waals surface area (Å²) < 4.78 is 19.4. The minimum atomic E-state index is -0.628. The SMILES string of the molecule is COc1ccc(C2(Nc3ccc(-c4cc(C(N)=O)ccc4F)nn3)CCC2)nc1. The lowest BCUT2D eigenvalue weighted by atomic mass is 9.74. The van der Waals surface area contributed by atoms with Gasteiger partial charge in [-0.1, -0.05) is 0 Å². The van der Waals surface area contributed by atoms with Crippen LogP contribution >= 0.6 is 0 Å². The van der Waals surface area contributed by atoms with Crippen LogP contribution < -0.4 is 15.8 Å². The molecule has 1 aliphatic rings. The number of aromatic nitrogens is 3. The quantitative estimate of drug-likeness (QED) is 0.666. The Kier molecular flexibility index (Phi) is 4.84. The van der Waals surface area contributed by atoms with Crippen molar-refractivity contribution in [3.05, 3.63) is 65.7 Å². The van der Waals surface area contributed by atoms with Gasteiger partial charge in [0.2, 0.25) is 5.91 Å². The van der Waals surface area contributed by atoms with E-state index in [0.717, 1.165) is 25.0 Å². The van der Waals surface area contributed by atoms with Gasteiger partial charge in [-0.05, 0) is 61.7 Å². The van der Waals surface area contributed by atoms with E-state index in [9.17, 15) is 9.18 Å². The fourth-order valence-electron chi connectivity index (χ4n) is 3.42. The number of ether oxygens (including phenoxy) is 1. The predicted octanol–water partition coefficient (Wildman–Crippen LogP) is 3.28. The molecule has 1 saturated carbocycles. The summed E-state index contributed by atoms with van der Waals surface area (Å²) >= 11 is 0. The number of halogens is 1. The number of carbonyl (C=O) groups is 1. The Morgan fingerprint density at radius 2 is 2.00 bits per heavy atom. The highest BCUT2D eigenvalue weighted by molar-refractivity contribution is 5.94. The van der Waals surface area contributed by atoms with Crippen molar-refractivity contribution in [3.8, 4) is 17.0 Å². The van der Waals surface area contributed by atoms with E-state index in [1.807, 2.05) is 12.1 Å². The fourth-order valence-corrected chi connectivity index (χ4v) is 3.42. The van der Waals surface area contributed by atoms with Crippen molar-refractivity contribution >= 4 is 11.7 Å². The highest BCUT2D eigenvalue weighted by Crippen LogP contribution is 2.43. The highest BCUT2D eigenvalue weighted by atomic mass is 19.1. The normalized spacial score (nSPS) is 14.7. The molecule has 0 aliphatic heterocycles. The van der Waals surface area contributed by atoms with Crippen LogP contribution in [0.4, 0.5) is 10.2 Å². The van der Waals surface area contributed by atoms with Crippen LogP contribution in [0, 0.1) is 5.82 Å². The van der Waals surface area contributed by atoms with Crippen LogP contribution in [0.25, 0.3) is 11.3 Å². The maximum absolute atomic E-state index is 14.2. The van der Waals surface area contributed by atoms with Gasteiger partial charge >= 0.3 is 0 Å². The molecule has 1 fully saturated rings. The molecule has 2 heterocycles. The number of hydrogen-bond acceptors (Lipinski definition) is 6. The largest absolute Gasteiger partial charge is 0.495 e. The summed E-state index contributed by atoms with van der Waals surface area (Å²) in [5.41, 5.74) is 6.59. The van der Waals surface area contributed by atoms with Gasteiger partial charge < -0.3 is 15.8 Å². The highest BCUT2D eigenvalue weighted by Gasteiger charge is 2.40. The molecule has 2 aromatic heterocycles. The van der Waals surface area contributed by atoms with E-state index in [-0.39, 0.29) is 16.7 Å². The second-order valence-corrected chi connectivity index (χ2v) is 7.01. The van der Waals surface area contributed by atoms with Crippen molar-refractivity contribution in [2.24, 2.45) is 5.73 Å². The fraction of sp³-hybridized carbons (Fsp3) is 0.238. The third-order valence-corrected chi connectivity index (χ3v) is 5.23. The van der Waals surface area contributed by atoms with Crippen molar-refractivity contribution < 1.29 is 13.9 Å². The molecule has 8 heteroatoms. The maximum atomic E-state index is 14.2. The third-order valence-electron chi connectivity index (χ3n) is 5.23. The molecule has 1 amide bonds. The molecule has 1 aromatic carbocycles. The van der Waals surface area contributed by atoms with Gasteiger partial charge in [-0.2, -0.15) is 0 Å². The lowest BCUT2D eigenvalue weighted by molar-refractivity contribution is 0.100. The van der Waals surface area contributed by atoms with E-state index in [1.165, 1.54) is 18.2 Å². The number of pyridine rings is 1. The number of rotatable bonds is 6. The summed E-state index contributed by atoms with van der Waals surface area (Å²) in [5.74, 6) is 0.143. The number of methoxy groups -OCH3 is 1. The molecular weight excluding hydrogens is 373 g/mol. The van der Waals surface area contributed by atoms with E-state index in [1.54, 1.807) is 25.4 Å². The summed E-state index contributed by atoms with van der Waals surface area (Å²) in [6.07, 6.45) is 4.62. The van der Waals surface area contributed by atoms with Gasteiger partial charge in [-0.25, -0.2) is 4.39 Å². The van der Waals surface area contributed by atoms with E-state index in [0.29, 0.717) is 17.3 Å². The average Bonchev–Trinajstić information content (AvgIpc) is 2.71. The molecule has 0 bridgehead atoms. The Hall–Kier alpha value is -3.55. The van der Waals surface area contributed by atoms with Crippen LogP contribution in [0.3, 0.4) is 0 Å². The van der Waals surface area contributed by atoms with Gasteiger partial charge in [0.25, 0.3) is 0 Å². The first-order valence-corrected chi connectivity index (χ1v) is 9.23. The summed E-state index contributed by atoms with van der Waals surface area (Å²) in [7, 11) is 1.60. The minimum absolute atomic E-state index is 0.176. The zero-order valence-electron chi connectivity index (χ0n) is 15.9. The van der Waals surface area contributed by atoms with Crippen LogP contribution in [-0.4, -0.2) is 28.2 Å². The second kappa shape index (κ2) is 7.46. The van der Waals surface area contributed by atoms with Crippen molar-refractivity contribution in [3.63, 3.8) is 0 Å². The van der Waals surface area contributed by atoms with Crippen LogP contribution in [0.15, 0.2) is 48.7 Å². The Morgan fingerprint density at radius 1 is 1.17 bits per heavy atom. The van der Waals surface area contributed by atoms with Crippen molar-refractivity contribution in [1.29, 1.82) is 0 Å². The van der Waals surface area contributed by atoms with Gasteiger partial charge in [-0.3, -0.25) is 9.78 Å². The minimum Gasteiger partial charge on any atom is -0.495 e. The number of hydrogen-bond donors (Lipinski definition) is 2. The van der Waals surface area contributed by atoms with Gasteiger partial charge in [0.15, 0.2) is 0 Å². The molecule has 4 rings (SSSR count). The van der Waals surface area contributed by atoms with Crippen molar-refractivity contribution in [2.45, 2.75) is 24.8 Å². The van der Waals surface area contributed by atoms with Crippen LogP contribution in [0.5, 0.6) is 5.75 Å². The summed E-state index contributed by atoms with van der Waals surface area (Å²) in [6, 6.07) is 11.1.